The molecule has 4 rings (SSSR count). The van der Waals surface area contributed by atoms with Crippen LogP contribution in [0.3, 0.4) is 0 Å². The summed E-state index contributed by atoms with van der Waals surface area (Å²) in [7, 11) is 3.12. The van der Waals surface area contributed by atoms with E-state index in [1.165, 1.54) is 18.5 Å². The van der Waals surface area contributed by atoms with Crippen LogP contribution in [0.15, 0.2) is 54.9 Å². The highest BCUT2D eigenvalue weighted by Gasteiger charge is 2.23. The number of anilines is 2. The molecule has 0 atom stereocenters. The molecule has 8 nitrogen and oxygen atoms in total. The number of piperazine rings is 1. The van der Waals surface area contributed by atoms with E-state index in [0.29, 0.717) is 54.6 Å². The average Bonchev–Trinajstić information content (AvgIpc) is 2.84. The molecular weight excluding hydrogens is 413 g/mol. The Kier molecular flexibility index (Phi) is 6.34. The number of carbonyl (C=O) groups excluding carboxylic acids is 1. The van der Waals surface area contributed by atoms with E-state index in [0.717, 1.165) is 5.82 Å². The molecule has 32 heavy (non-hydrogen) atoms. The molecule has 1 aromatic heterocycles. The zero-order chi connectivity index (χ0) is 22.5. The van der Waals surface area contributed by atoms with Crippen LogP contribution in [0.25, 0.3) is 11.3 Å². The van der Waals surface area contributed by atoms with Gasteiger partial charge in [-0.1, -0.05) is 12.1 Å². The fraction of sp³-hybridized carbons (Fsp3) is 0.261. The molecule has 1 aliphatic heterocycles. The number of methoxy groups -OCH3 is 2. The lowest BCUT2D eigenvalue weighted by molar-refractivity contribution is 0.208. The van der Waals surface area contributed by atoms with Crippen molar-refractivity contribution in [1.29, 1.82) is 0 Å². The SMILES string of the molecule is COc1ccc(NC(=O)N2CCN(c3cc(-c4cccc(F)c4)ncn3)CC2)c(OC)c1. The predicted molar refractivity (Wildman–Crippen MR) is 120 cm³/mol. The van der Waals surface area contributed by atoms with E-state index < -0.39 is 0 Å². The zero-order valence-corrected chi connectivity index (χ0v) is 17.9. The molecule has 2 aromatic carbocycles. The third-order valence-corrected chi connectivity index (χ3v) is 5.31. The number of ether oxygens (including phenoxy) is 2. The van der Waals surface area contributed by atoms with E-state index in [2.05, 4.69) is 20.2 Å². The Morgan fingerprint density at radius 2 is 1.81 bits per heavy atom. The number of nitrogens with one attached hydrogen (secondary N) is 1. The predicted octanol–water partition coefficient (Wildman–Crippen LogP) is 3.65. The molecule has 2 amide bonds. The lowest BCUT2D eigenvalue weighted by atomic mass is 10.1. The van der Waals surface area contributed by atoms with Gasteiger partial charge >= 0.3 is 6.03 Å². The summed E-state index contributed by atoms with van der Waals surface area (Å²) in [6, 6.07) is 13.2. The highest BCUT2D eigenvalue weighted by Crippen LogP contribution is 2.29. The second-order valence-corrected chi connectivity index (χ2v) is 7.24. The number of amides is 2. The lowest BCUT2D eigenvalue weighted by Gasteiger charge is -2.35. The van der Waals surface area contributed by atoms with Gasteiger partial charge in [-0.2, -0.15) is 0 Å². The van der Waals surface area contributed by atoms with Gasteiger partial charge < -0.3 is 24.6 Å². The monoisotopic (exact) mass is 437 g/mol. The van der Waals surface area contributed by atoms with Crippen LogP contribution in [0, 0.1) is 5.82 Å². The Bertz CT molecular complexity index is 1100. The number of carbonyl (C=O) groups is 1. The Balaban J connectivity index is 1.39. The molecule has 1 saturated heterocycles. The Hall–Kier alpha value is -3.88. The van der Waals surface area contributed by atoms with Crippen LogP contribution in [0.4, 0.5) is 20.7 Å². The van der Waals surface area contributed by atoms with Crippen molar-refractivity contribution in [2.24, 2.45) is 0 Å². The van der Waals surface area contributed by atoms with E-state index in [1.807, 2.05) is 12.1 Å². The van der Waals surface area contributed by atoms with E-state index in [9.17, 15) is 9.18 Å². The average molecular weight is 437 g/mol. The molecule has 166 valence electrons. The van der Waals surface area contributed by atoms with Crippen LogP contribution < -0.4 is 19.7 Å². The van der Waals surface area contributed by atoms with E-state index in [1.54, 1.807) is 43.4 Å². The molecule has 0 aliphatic carbocycles. The first kappa shape index (κ1) is 21.4. The van der Waals surface area contributed by atoms with Crippen molar-refractivity contribution in [3.63, 3.8) is 0 Å². The molecule has 1 fully saturated rings. The van der Waals surface area contributed by atoms with Crippen molar-refractivity contribution in [3.05, 3.63) is 60.7 Å². The summed E-state index contributed by atoms with van der Waals surface area (Å²) >= 11 is 0. The van der Waals surface area contributed by atoms with Crippen LogP contribution in [-0.2, 0) is 0 Å². The van der Waals surface area contributed by atoms with Gasteiger partial charge in [-0.3, -0.25) is 0 Å². The highest BCUT2D eigenvalue weighted by molar-refractivity contribution is 5.91. The maximum absolute atomic E-state index is 13.6. The number of benzene rings is 2. The molecule has 9 heteroatoms. The summed E-state index contributed by atoms with van der Waals surface area (Å²) < 4.78 is 24.1. The fourth-order valence-corrected chi connectivity index (χ4v) is 3.56. The smallest absolute Gasteiger partial charge is 0.322 e. The number of rotatable bonds is 5. The maximum atomic E-state index is 13.6. The standard InChI is InChI=1S/C23H24FN5O3/c1-31-18-6-7-19(21(13-18)32-2)27-23(30)29-10-8-28(9-11-29)22-14-20(25-15-26-22)16-4-3-5-17(24)12-16/h3-7,12-15H,8-11H2,1-2H3,(H,27,30). The summed E-state index contributed by atoms with van der Waals surface area (Å²) in [5, 5.41) is 2.90. The van der Waals surface area contributed by atoms with Gasteiger partial charge in [-0.25, -0.2) is 19.2 Å². The van der Waals surface area contributed by atoms with Crippen LogP contribution >= 0.6 is 0 Å². The third-order valence-electron chi connectivity index (χ3n) is 5.31. The van der Waals surface area contributed by atoms with E-state index in [-0.39, 0.29) is 11.8 Å². The minimum absolute atomic E-state index is 0.198. The Labute approximate surface area is 185 Å². The van der Waals surface area contributed by atoms with Gasteiger partial charge in [0.1, 0.15) is 29.5 Å². The lowest BCUT2D eigenvalue weighted by Crippen LogP contribution is -2.50. The summed E-state index contributed by atoms with van der Waals surface area (Å²) in [4.78, 5) is 25.2. The molecule has 1 N–H and O–H groups in total. The van der Waals surface area contributed by atoms with Crippen LogP contribution in [0.5, 0.6) is 11.5 Å². The minimum Gasteiger partial charge on any atom is -0.497 e. The topological polar surface area (TPSA) is 79.8 Å². The van der Waals surface area contributed by atoms with Gasteiger partial charge in [0.15, 0.2) is 0 Å². The molecule has 0 spiro atoms. The summed E-state index contributed by atoms with van der Waals surface area (Å²) in [5.41, 5.74) is 1.93. The number of urea groups is 1. The summed E-state index contributed by atoms with van der Waals surface area (Å²) in [6.45, 7) is 2.30. The largest absolute Gasteiger partial charge is 0.497 e. The Morgan fingerprint density at radius 1 is 1.00 bits per heavy atom. The van der Waals surface area contributed by atoms with E-state index >= 15 is 0 Å². The molecule has 0 radical (unpaired) electrons. The molecule has 2 heterocycles. The molecule has 0 saturated carbocycles. The first-order valence-corrected chi connectivity index (χ1v) is 10.2. The van der Waals surface area contributed by atoms with Gasteiger partial charge in [-0.15, -0.1) is 0 Å². The Morgan fingerprint density at radius 3 is 2.53 bits per heavy atom. The van der Waals surface area contributed by atoms with Crippen molar-refractivity contribution in [3.8, 4) is 22.8 Å². The van der Waals surface area contributed by atoms with Gasteiger partial charge in [-0.05, 0) is 24.3 Å². The van der Waals surface area contributed by atoms with Crippen molar-refractivity contribution >= 4 is 17.5 Å². The van der Waals surface area contributed by atoms with Crippen molar-refractivity contribution in [2.75, 3.05) is 50.6 Å². The second kappa shape index (κ2) is 9.51. The molecule has 0 unspecified atom stereocenters. The normalized spacial score (nSPS) is 13.6. The number of nitrogens with zero attached hydrogens (tertiary/aromatic N) is 4. The van der Waals surface area contributed by atoms with Crippen LogP contribution in [0.2, 0.25) is 0 Å². The number of aromatic nitrogens is 2. The molecular formula is C23H24FN5O3. The molecule has 0 bridgehead atoms. The quantitative estimate of drug-likeness (QED) is 0.656. The van der Waals surface area contributed by atoms with E-state index in [4.69, 9.17) is 9.47 Å². The number of hydrogen-bond acceptors (Lipinski definition) is 6. The third kappa shape index (κ3) is 4.72. The fourth-order valence-electron chi connectivity index (χ4n) is 3.56. The van der Waals surface area contributed by atoms with Crippen LogP contribution in [0.1, 0.15) is 0 Å². The highest BCUT2D eigenvalue weighted by atomic mass is 19.1. The van der Waals surface area contributed by atoms with Crippen molar-refractivity contribution < 1.29 is 18.7 Å². The maximum Gasteiger partial charge on any atom is 0.322 e. The summed E-state index contributed by atoms with van der Waals surface area (Å²) in [6.07, 6.45) is 1.48. The first-order valence-electron chi connectivity index (χ1n) is 10.2. The van der Waals surface area contributed by atoms with Crippen LogP contribution in [-0.4, -0.2) is 61.3 Å². The number of halogens is 1. The number of hydrogen-bond donors (Lipinski definition) is 1. The van der Waals surface area contributed by atoms with Crippen molar-refractivity contribution in [1.82, 2.24) is 14.9 Å². The van der Waals surface area contributed by atoms with Crippen molar-refractivity contribution in [2.45, 2.75) is 0 Å². The molecule has 1 aliphatic rings. The first-order chi connectivity index (χ1) is 15.6. The summed E-state index contributed by atoms with van der Waals surface area (Å²) in [5.74, 6) is 1.62. The minimum atomic E-state index is -0.309. The van der Waals surface area contributed by atoms with Gasteiger partial charge in [0.25, 0.3) is 0 Å². The molecule has 3 aromatic rings. The zero-order valence-electron chi connectivity index (χ0n) is 17.9. The second-order valence-electron chi connectivity index (χ2n) is 7.24. The van der Waals surface area contributed by atoms with Gasteiger partial charge in [0.2, 0.25) is 0 Å². The van der Waals surface area contributed by atoms with Gasteiger partial charge in [0.05, 0.1) is 25.6 Å². The van der Waals surface area contributed by atoms with Gasteiger partial charge in [0, 0.05) is 43.9 Å².